The lowest BCUT2D eigenvalue weighted by Gasteiger charge is -2.19. The summed E-state index contributed by atoms with van der Waals surface area (Å²) < 4.78 is 5.93. The van der Waals surface area contributed by atoms with Crippen molar-refractivity contribution in [2.24, 2.45) is 0 Å². The minimum Gasteiger partial charge on any atom is -0.492 e. The first-order valence-corrected chi connectivity index (χ1v) is 8.53. The van der Waals surface area contributed by atoms with Crippen LogP contribution in [0.15, 0.2) is 24.3 Å². The Labute approximate surface area is 129 Å². The number of nitrogens with one attached hydrogen (secondary N) is 1. The standard InChI is InChI=1S/C18H30N2O/c1-2-10-19-16-17-8-7-9-18(15-17)21-14-13-20-11-5-3-4-6-12-20/h7-9,15,19H,2-6,10-14,16H2,1H3. The van der Waals surface area contributed by atoms with E-state index < -0.39 is 0 Å². The maximum Gasteiger partial charge on any atom is 0.119 e. The van der Waals surface area contributed by atoms with Crippen LogP contribution in [0.1, 0.15) is 44.6 Å². The molecule has 1 heterocycles. The molecule has 2 rings (SSSR count). The van der Waals surface area contributed by atoms with E-state index in [1.807, 2.05) is 0 Å². The fourth-order valence-corrected chi connectivity index (χ4v) is 2.81. The molecule has 0 radical (unpaired) electrons. The Balaban J connectivity index is 1.70. The first-order valence-electron chi connectivity index (χ1n) is 8.53. The zero-order chi connectivity index (χ0) is 14.8. The summed E-state index contributed by atoms with van der Waals surface area (Å²) in [7, 11) is 0. The van der Waals surface area contributed by atoms with Crippen molar-refractivity contribution in [3.05, 3.63) is 29.8 Å². The van der Waals surface area contributed by atoms with Gasteiger partial charge in [-0.05, 0) is 56.6 Å². The van der Waals surface area contributed by atoms with Crippen molar-refractivity contribution in [1.82, 2.24) is 10.2 Å². The summed E-state index contributed by atoms with van der Waals surface area (Å²) in [6, 6.07) is 8.46. The van der Waals surface area contributed by atoms with E-state index >= 15 is 0 Å². The number of ether oxygens (including phenoxy) is 1. The van der Waals surface area contributed by atoms with Crippen molar-refractivity contribution in [2.75, 3.05) is 32.8 Å². The molecule has 1 aromatic carbocycles. The van der Waals surface area contributed by atoms with E-state index in [-0.39, 0.29) is 0 Å². The molecule has 0 spiro atoms. The Morgan fingerprint density at radius 3 is 2.71 bits per heavy atom. The second kappa shape index (κ2) is 9.80. The van der Waals surface area contributed by atoms with Gasteiger partial charge in [0.15, 0.2) is 0 Å². The van der Waals surface area contributed by atoms with E-state index in [9.17, 15) is 0 Å². The Bertz CT molecular complexity index is 387. The van der Waals surface area contributed by atoms with Crippen LogP contribution in [-0.4, -0.2) is 37.7 Å². The van der Waals surface area contributed by atoms with Crippen LogP contribution in [0.25, 0.3) is 0 Å². The van der Waals surface area contributed by atoms with Crippen molar-refractivity contribution >= 4 is 0 Å². The lowest BCUT2D eigenvalue weighted by molar-refractivity contribution is 0.214. The molecule has 1 aliphatic heterocycles. The summed E-state index contributed by atoms with van der Waals surface area (Å²) in [5.74, 6) is 1.00. The van der Waals surface area contributed by atoms with Gasteiger partial charge < -0.3 is 10.1 Å². The smallest absolute Gasteiger partial charge is 0.119 e. The molecule has 1 fully saturated rings. The first-order chi connectivity index (χ1) is 10.4. The topological polar surface area (TPSA) is 24.5 Å². The third-order valence-electron chi connectivity index (χ3n) is 4.03. The molecule has 3 nitrogen and oxygen atoms in total. The molecule has 1 saturated heterocycles. The van der Waals surface area contributed by atoms with Gasteiger partial charge in [0.2, 0.25) is 0 Å². The van der Waals surface area contributed by atoms with Crippen molar-refractivity contribution in [3.63, 3.8) is 0 Å². The summed E-state index contributed by atoms with van der Waals surface area (Å²) in [5.41, 5.74) is 1.30. The maximum atomic E-state index is 5.93. The molecule has 21 heavy (non-hydrogen) atoms. The van der Waals surface area contributed by atoms with Crippen molar-refractivity contribution < 1.29 is 4.74 Å². The molecular weight excluding hydrogens is 260 g/mol. The maximum absolute atomic E-state index is 5.93. The van der Waals surface area contributed by atoms with Crippen LogP contribution in [0.4, 0.5) is 0 Å². The number of nitrogens with zero attached hydrogens (tertiary/aromatic N) is 1. The van der Waals surface area contributed by atoms with Gasteiger partial charge in [-0.25, -0.2) is 0 Å². The summed E-state index contributed by atoms with van der Waals surface area (Å²) in [6.45, 7) is 8.52. The molecule has 0 bridgehead atoms. The van der Waals surface area contributed by atoms with Gasteiger partial charge in [0, 0.05) is 13.1 Å². The summed E-state index contributed by atoms with van der Waals surface area (Å²) in [5, 5.41) is 3.43. The monoisotopic (exact) mass is 290 g/mol. The summed E-state index contributed by atoms with van der Waals surface area (Å²) in [4.78, 5) is 2.54. The van der Waals surface area contributed by atoms with E-state index in [4.69, 9.17) is 4.74 Å². The number of hydrogen-bond donors (Lipinski definition) is 1. The van der Waals surface area contributed by atoms with Gasteiger partial charge in [-0.1, -0.05) is 31.9 Å². The van der Waals surface area contributed by atoms with Crippen LogP contribution in [0.5, 0.6) is 5.75 Å². The van der Waals surface area contributed by atoms with E-state index in [1.165, 1.54) is 50.8 Å². The molecule has 1 aliphatic rings. The minimum atomic E-state index is 0.797. The van der Waals surface area contributed by atoms with Gasteiger partial charge in [-0.15, -0.1) is 0 Å². The van der Waals surface area contributed by atoms with Gasteiger partial charge in [0.05, 0.1) is 0 Å². The number of rotatable bonds is 8. The molecule has 0 aliphatic carbocycles. The molecule has 0 amide bonds. The average Bonchev–Trinajstić information content (AvgIpc) is 2.77. The van der Waals surface area contributed by atoms with Crippen LogP contribution >= 0.6 is 0 Å². The van der Waals surface area contributed by atoms with E-state index in [2.05, 4.69) is 41.4 Å². The molecule has 0 unspecified atom stereocenters. The number of hydrogen-bond acceptors (Lipinski definition) is 3. The Hall–Kier alpha value is -1.06. The Morgan fingerprint density at radius 1 is 1.14 bits per heavy atom. The highest BCUT2D eigenvalue weighted by Gasteiger charge is 2.08. The molecule has 0 aromatic heterocycles. The van der Waals surface area contributed by atoms with E-state index in [1.54, 1.807) is 0 Å². The predicted octanol–water partition coefficient (Wildman–Crippen LogP) is 3.44. The van der Waals surface area contributed by atoms with Gasteiger partial charge in [-0.2, -0.15) is 0 Å². The third kappa shape index (κ3) is 6.49. The molecule has 0 atom stereocenters. The third-order valence-corrected chi connectivity index (χ3v) is 4.03. The average molecular weight is 290 g/mol. The normalized spacial score (nSPS) is 16.6. The Kier molecular flexibility index (Phi) is 7.61. The van der Waals surface area contributed by atoms with Gasteiger partial charge in [-0.3, -0.25) is 4.90 Å². The minimum absolute atomic E-state index is 0.797. The zero-order valence-corrected chi connectivity index (χ0v) is 13.4. The Morgan fingerprint density at radius 2 is 1.95 bits per heavy atom. The summed E-state index contributed by atoms with van der Waals surface area (Å²) >= 11 is 0. The van der Waals surface area contributed by atoms with Gasteiger partial charge in [0.1, 0.15) is 12.4 Å². The second-order valence-electron chi connectivity index (χ2n) is 5.93. The zero-order valence-electron chi connectivity index (χ0n) is 13.4. The highest BCUT2D eigenvalue weighted by molar-refractivity contribution is 5.28. The quantitative estimate of drug-likeness (QED) is 0.742. The number of likely N-dealkylation sites (tertiary alicyclic amines) is 1. The van der Waals surface area contributed by atoms with Crippen molar-refractivity contribution in [3.8, 4) is 5.75 Å². The van der Waals surface area contributed by atoms with Crippen LogP contribution in [0, 0.1) is 0 Å². The fraction of sp³-hybridized carbons (Fsp3) is 0.667. The van der Waals surface area contributed by atoms with Crippen LogP contribution < -0.4 is 10.1 Å². The second-order valence-corrected chi connectivity index (χ2v) is 5.93. The van der Waals surface area contributed by atoms with Crippen LogP contribution in [0.3, 0.4) is 0 Å². The molecule has 0 saturated carbocycles. The molecular formula is C18H30N2O. The van der Waals surface area contributed by atoms with Crippen molar-refractivity contribution in [1.29, 1.82) is 0 Å². The molecule has 1 aromatic rings. The summed E-state index contributed by atoms with van der Waals surface area (Å²) in [6.07, 6.45) is 6.65. The highest BCUT2D eigenvalue weighted by atomic mass is 16.5. The largest absolute Gasteiger partial charge is 0.492 e. The molecule has 118 valence electrons. The van der Waals surface area contributed by atoms with Gasteiger partial charge >= 0.3 is 0 Å². The first kappa shape index (κ1) is 16.3. The van der Waals surface area contributed by atoms with Crippen LogP contribution in [0.2, 0.25) is 0 Å². The highest BCUT2D eigenvalue weighted by Crippen LogP contribution is 2.14. The predicted molar refractivity (Wildman–Crippen MR) is 88.8 cm³/mol. The lowest BCUT2D eigenvalue weighted by Crippen LogP contribution is -2.29. The van der Waals surface area contributed by atoms with Gasteiger partial charge in [0.25, 0.3) is 0 Å². The SMILES string of the molecule is CCCNCc1cccc(OCCN2CCCCCC2)c1. The number of benzene rings is 1. The van der Waals surface area contributed by atoms with Crippen LogP contribution in [-0.2, 0) is 6.54 Å². The van der Waals surface area contributed by atoms with E-state index in [0.29, 0.717) is 0 Å². The lowest BCUT2D eigenvalue weighted by atomic mass is 10.2. The molecule has 3 heteroatoms. The van der Waals surface area contributed by atoms with Crippen molar-refractivity contribution in [2.45, 2.75) is 45.6 Å². The fourth-order valence-electron chi connectivity index (χ4n) is 2.81. The van der Waals surface area contributed by atoms with E-state index in [0.717, 1.165) is 32.0 Å². The molecule has 1 N–H and O–H groups in total.